The first kappa shape index (κ1) is 28.6. The first-order chi connectivity index (χ1) is 19.6. The Morgan fingerprint density at radius 1 is 1.00 bits per heavy atom. The molecule has 0 saturated heterocycles. The number of rotatable bonds is 9. The van der Waals surface area contributed by atoms with Crippen molar-refractivity contribution in [3.05, 3.63) is 65.0 Å². The number of sulfonamides is 1. The summed E-state index contributed by atoms with van der Waals surface area (Å²) in [6, 6.07) is 8.90. The van der Waals surface area contributed by atoms with Crippen molar-refractivity contribution in [2.75, 3.05) is 24.1 Å². The number of pyridine rings is 2. The highest BCUT2D eigenvalue weighted by atomic mass is 32.2. The summed E-state index contributed by atoms with van der Waals surface area (Å²) in [5.74, 6) is 0.336. The van der Waals surface area contributed by atoms with E-state index in [1.807, 2.05) is 13.8 Å². The van der Waals surface area contributed by atoms with E-state index in [2.05, 4.69) is 49.0 Å². The Hall–Kier alpha value is -3.97. The number of hydrogen-bond acceptors (Lipinski definition) is 10. The van der Waals surface area contributed by atoms with Crippen LogP contribution in [0.1, 0.15) is 51.3 Å². The quantitative estimate of drug-likeness (QED) is 0.303. The van der Waals surface area contributed by atoms with Crippen molar-refractivity contribution in [1.82, 2.24) is 34.4 Å². The van der Waals surface area contributed by atoms with Crippen LogP contribution in [0, 0.1) is 0 Å². The Labute approximate surface area is 239 Å². The second-order valence-corrected chi connectivity index (χ2v) is 12.6. The van der Waals surface area contributed by atoms with Crippen LogP contribution >= 0.6 is 0 Å². The lowest BCUT2D eigenvalue weighted by Gasteiger charge is -2.32. The zero-order chi connectivity index (χ0) is 29.1. The summed E-state index contributed by atoms with van der Waals surface area (Å²) < 4.78 is 29.2. The molecule has 1 saturated carbocycles. The molecule has 0 amide bonds. The standard InChI is InChI=1S/C28H35N9O3S/c1-18(2)37-26-23(16-31-28(34-26)32-20-9-11-22(12-10-20)36(3)4)33-25(27(37)38)19-8-13-24(30-15-19)35-41(39,40)17-21-7-5-6-14-29-21/h5-8,13-16,18,20,22H,9-12,17H2,1-4H3,(H,30,35)(H,31,32,34). The first-order valence-corrected chi connectivity index (χ1v) is 15.3. The van der Waals surface area contributed by atoms with Crippen LogP contribution in [0.4, 0.5) is 11.8 Å². The molecule has 0 unspecified atom stereocenters. The maximum Gasteiger partial charge on any atom is 0.279 e. The third kappa shape index (κ3) is 6.68. The molecular formula is C28H35N9O3S. The lowest BCUT2D eigenvalue weighted by atomic mass is 9.91. The lowest BCUT2D eigenvalue weighted by Crippen LogP contribution is -2.36. The lowest BCUT2D eigenvalue weighted by molar-refractivity contribution is 0.221. The Kier molecular flexibility index (Phi) is 8.27. The van der Waals surface area contributed by atoms with Crippen molar-refractivity contribution < 1.29 is 8.42 Å². The van der Waals surface area contributed by atoms with Crippen molar-refractivity contribution in [2.45, 2.75) is 63.4 Å². The van der Waals surface area contributed by atoms with Gasteiger partial charge in [-0.2, -0.15) is 4.98 Å². The highest BCUT2D eigenvalue weighted by Crippen LogP contribution is 2.25. The van der Waals surface area contributed by atoms with Crippen LogP contribution in [-0.4, -0.2) is 69.0 Å². The van der Waals surface area contributed by atoms with Crippen LogP contribution < -0.4 is 15.6 Å². The molecule has 4 aromatic rings. The van der Waals surface area contributed by atoms with Crippen molar-refractivity contribution in [1.29, 1.82) is 0 Å². The van der Waals surface area contributed by atoms with Gasteiger partial charge in [-0.1, -0.05) is 6.07 Å². The summed E-state index contributed by atoms with van der Waals surface area (Å²) in [5.41, 5.74) is 1.69. The average Bonchev–Trinajstić information content (AvgIpc) is 2.93. The van der Waals surface area contributed by atoms with E-state index in [1.54, 1.807) is 35.0 Å². The summed E-state index contributed by atoms with van der Waals surface area (Å²) in [4.78, 5) is 38.0. The highest BCUT2D eigenvalue weighted by molar-refractivity contribution is 7.91. The second-order valence-electron chi connectivity index (χ2n) is 10.9. The van der Waals surface area contributed by atoms with E-state index in [9.17, 15) is 13.2 Å². The van der Waals surface area contributed by atoms with Gasteiger partial charge in [0.25, 0.3) is 5.56 Å². The molecule has 4 heterocycles. The fourth-order valence-corrected chi connectivity index (χ4v) is 6.20. The molecule has 0 aromatic carbocycles. The van der Waals surface area contributed by atoms with Crippen LogP contribution in [0.3, 0.4) is 0 Å². The normalized spacial score (nSPS) is 17.7. The smallest absolute Gasteiger partial charge is 0.279 e. The van der Waals surface area contributed by atoms with Crippen molar-refractivity contribution >= 4 is 33.0 Å². The van der Waals surface area contributed by atoms with Gasteiger partial charge in [-0.15, -0.1) is 0 Å². The van der Waals surface area contributed by atoms with E-state index in [4.69, 9.17) is 4.98 Å². The Bertz CT molecular complexity index is 1670. The molecule has 1 aliphatic carbocycles. The van der Waals surface area contributed by atoms with Gasteiger partial charge in [0.1, 0.15) is 22.8 Å². The van der Waals surface area contributed by atoms with E-state index >= 15 is 0 Å². The number of nitrogens with zero attached hydrogens (tertiary/aromatic N) is 7. The summed E-state index contributed by atoms with van der Waals surface area (Å²) in [7, 11) is 0.516. The van der Waals surface area contributed by atoms with Crippen LogP contribution in [-0.2, 0) is 15.8 Å². The zero-order valence-corrected chi connectivity index (χ0v) is 24.5. The minimum absolute atomic E-state index is 0.133. The zero-order valence-electron chi connectivity index (χ0n) is 23.6. The van der Waals surface area contributed by atoms with Crippen LogP contribution in [0.5, 0.6) is 0 Å². The number of hydrogen-bond donors (Lipinski definition) is 2. The SMILES string of the molecule is CC(C)n1c(=O)c(-c2ccc(NS(=O)(=O)Cc3ccccn3)nc2)nc2cnc(NC3CCC(N(C)C)CC3)nc21. The molecule has 41 heavy (non-hydrogen) atoms. The van der Waals surface area contributed by atoms with Crippen molar-refractivity contribution in [3.63, 3.8) is 0 Å². The predicted octanol–water partition coefficient (Wildman–Crippen LogP) is 3.45. The van der Waals surface area contributed by atoms with Gasteiger partial charge in [0.15, 0.2) is 5.65 Å². The third-order valence-corrected chi connectivity index (χ3v) is 8.47. The summed E-state index contributed by atoms with van der Waals surface area (Å²) >= 11 is 0. The first-order valence-electron chi connectivity index (χ1n) is 13.7. The van der Waals surface area contributed by atoms with Gasteiger partial charge < -0.3 is 10.2 Å². The highest BCUT2D eigenvalue weighted by Gasteiger charge is 2.24. The van der Waals surface area contributed by atoms with Crippen LogP contribution in [0.25, 0.3) is 22.4 Å². The van der Waals surface area contributed by atoms with Gasteiger partial charge in [-0.3, -0.25) is 19.1 Å². The largest absolute Gasteiger partial charge is 0.351 e. The number of fused-ring (bicyclic) bond motifs is 1. The van der Waals surface area contributed by atoms with Gasteiger partial charge in [-0.05, 0) is 77.9 Å². The monoisotopic (exact) mass is 577 g/mol. The third-order valence-electron chi connectivity index (χ3n) is 7.27. The van der Waals surface area contributed by atoms with Gasteiger partial charge >= 0.3 is 0 Å². The van der Waals surface area contributed by atoms with E-state index in [-0.39, 0.29) is 34.9 Å². The fourth-order valence-electron chi connectivity index (χ4n) is 5.12. The molecule has 0 bridgehead atoms. The topological polar surface area (TPSA) is 148 Å². The minimum Gasteiger partial charge on any atom is -0.351 e. The van der Waals surface area contributed by atoms with E-state index in [0.29, 0.717) is 34.4 Å². The van der Waals surface area contributed by atoms with Crippen molar-refractivity contribution in [3.8, 4) is 11.3 Å². The molecule has 2 N–H and O–H groups in total. The van der Waals surface area contributed by atoms with E-state index in [0.717, 1.165) is 25.7 Å². The Balaban J connectivity index is 1.38. The van der Waals surface area contributed by atoms with Gasteiger partial charge in [0.05, 0.1) is 11.9 Å². The molecule has 216 valence electrons. The molecule has 1 fully saturated rings. The molecule has 4 aromatic heterocycles. The molecule has 0 atom stereocenters. The summed E-state index contributed by atoms with van der Waals surface area (Å²) in [6.45, 7) is 3.83. The number of nitrogens with one attached hydrogen (secondary N) is 2. The maximum absolute atomic E-state index is 13.6. The number of anilines is 2. The van der Waals surface area contributed by atoms with Crippen LogP contribution in [0.2, 0.25) is 0 Å². The predicted molar refractivity (Wildman–Crippen MR) is 159 cm³/mol. The maximum atomic E-state index is 13.6. The molecule has 1 aliphatic rings. The summed E-state index contributed by atoms with van der Waals surface area (Å²) in [5, 5.41) is 3.45. The van der Waals surface area contributed by atoms with Gasteiger partial charge in [0.2, 0.25) is 16.0 Å². The average molecular weight is 578 g/mol. The molecule has 0 aliphatic heterocycles. The fraction of sp³-hybridized carbons (Fsp3) is 0.429. The second kappa shape index (κ2) is 11.9. The number of aromatic nitrogens is 6. The Morgan fingerprint density at radius 2 is 1.78 bits per heavy atom. The van der Waals surface area contributed by atoms with Crippen LogP contribution in [0.15, 0.2) is 53.7 Å². The van der Waals surface area contributed by atoms with Crippen molar-refractivity contribution in [2.24, 2.45) is 0 Å². The van der Waals surface area contributed by atoms with E-state index in [1.165, 1.54) is 18.5 Å². The minimum atomic E-state index is -3.72. The van der Waals surface area contributed by atoms with Gasteiger partial charge in [-0.25, -0.2) is 23.4 Å². The Morgan fingerprint density at radius 3 is 2.41 bits per heavy atom. The van der Waals surface area contributed by atoms with E-state index < -0.39 is 10.0 Å². The molecular weight excluding hydrogens is 542 g/mol. The molecule has 12 nitrogen and oxygen atoms in total. The van der Waals surface area contributed by atoms with Gasteiger partial charge in [0, 0.05) is 36.1 Å². The molecule has 13 heteroatoms. The molecule has 0 radical (unpaired) electrons. The molecule has 0 spiro atoms. The summed E-state index contributed by atoms with van der Waals surface area (Å²) in [6.07, 6.45) is 8.88. The molecule has 5 rings (SSSR count).